The van der Waals surface area contributed by atoms with Gasteiger partial charge in [-0.2, -0.15) is 0 Å². The molecule has 0 atom stereocenters. The van der Waals surface area contributed by atoms with Crippen molar-refractivity contribution in [2.24, 2.45) is 7.05 Å². The van der Waals surface area contributed by atoms with Crippen LogP contribution in [0.4, 0.5) is 0 Å². The number of aryl methyl sites for hydroxylation is 1. The summed E-state index contributed by atoms with van der Waals surface area (Å²) in [5, 5.41) is 0.683. The molecule has 0 aliphatic carbocycles. The van der Waals surface area contributed by atoms with Crippen molar-refractivity contribution in [3.63, 3.8) is 0 Å². The Morgan fingerprint density at radius 1 is 1.25 bits per heavy atom. The van der Waals surface area contributed by atoms with Crippen LogP contribution >= 0.6 is 30.3 Å². The fourth-order valence-corrected chi connectivity index (χ4v) is 4.45. The number of hydrogen-bond donors (Lipinski definition) is 0. The fraction of sp³-hybridized carbons (Fsp3) is 0.467. The van der Waals surface area contributed by atoms with Crippen molar-refractivity contribution in [2.45, 2.75) is 38.9 Å². The molecular formula is C15H18BIN2O4S. The molecule has 2 aromatic rings. The van der Waals surface area contributed by atoms with E-state index in [1.54, 1.807) is 23.3 Å². The van der Waals surface area contributed by atoms with E-state index in [0.29, 0.717) is 16.6 Å². The normalized spacial score (nSPS) is 19.2. The summed E-state index contributed by atoms with van der Waals surface area (Å²) in [5.41, 5.74) is 0.525. The molecule has 2 aromatic heterocycles. The smallest absolute Gasteiger partial charge is 0.399 e. The van der Waals surface area contributed by atoms with Crippen LogP contribution < -0.4 is 11.0 Å². The van der Waals surface area contributed by atoms with Crippen LogP contribution in [0, 0.1) is 0 Å². The van der Waals surface area contributed by atoms with E-state index >= 15 is 0 Å². The number of fused-ring (bicyclic) bond motifs is 1. The molecule has 9 heteroatoms. The molecule has 1 aliphatic rings. The van der Waals surface area contributed by atoms with Gasteiger partial charge in [-0.05, 0) is 33.8 Å². The number of nitrogens with zero attached hydrogens (tertiary/aromatic N) is 2. The first-order chi connectivity index (χ1) is 11.1. The lowest BCUT2D eigenvalue weighted by atomic mass is 9.78. The van der Waals surface area contributed by atoms with Gasteiger partial charge in [0.25, 0.3) is 5.56 Å². The Morgan fingerprint density at radius 2 is 1.83 bits per heavy atom. The van der Waals surface area contributed by atoms with E-state index in [1.807, 2.05) is 27.7 Å². The Hall–Kier alpha value is -0.775. The summed E-state index contributed by atoms with van der Waals surface area (Å²) in [7, 11) is 2.38. The minimum atomic E-state index is -0.598. The maximum atomic E-state index is 12.6. The van der Waals surface area contributed by atoms with E-state index in [0.717, 1.165) is 11.7 Å². The Balaban J connectivity index is 2.27. The number of aldehydes is 1. The van der Waals surface area contributed by atoms with Crippen LogP contribution in [0.25, 0.3) is 10.9 Å². The monoisotopic (exact) mass is 460 g/mol. The molecule has 128 valence electrons. The minimum absolute atomic E-state index is 0.164. The Bertz CT molecular complexity index is 874. The third-order valence-electron chi connectivity index (χ3n) is 4.85. The summed E-state index contributed by atoms with van der Waals surface area (Å²) in [6.07, 6.45) is 2.47. The predicted molar refractivity (Wildman–Crippen MR) is 105 cm³/mol. The van der Waals surface area contributed by atoms with Crippen LogP contribution in [0.1, 0.15) is 38.2 Å². The fourth-order valence-electron chi connectivity index (χ4n) is 2.75. The van der Waals surface area contributed by atoms with Gasteiger partial charge in [0.05, 0.1) is 16.9 Å². The van der Waals surface area contributed by atoms with Crippen molar-refractivity contribution in [3.8, 4) is 0 Å². The Morgan fingerprint density at radius 3 is 2.33 bits per heavy atom. The topological polar surface area (TPSA) is 62.5 Å². The van der Waals surface area contributed by atoms with Gasteiger partial charge in [0.2, 0.25) is 0 Å². The number of halogens is 1. The number of pyridine rings is 1. The SMILES string of the molecule is Cn1cc(B2OC(C)(C)C(C)(C)O2)c2cc(C=O)n(SI)c2c1=O. The van der Waals surface area contributed by atoms with Crippen LogP contribution in [0.3, 0.4) is 0 Å². The molecule has 0 unspecified atom stereocenters. The van der Waals surface area contributed by atoms with Crippen LogP contribution in [0.15, 0.2) is 17.1 Å². The molecule has 1 saturated heterocycles. The van der Waals surface area contributed by atoms with Crippen molar-refractivity contribution < 1.29 is 14.1 Å². The quantitative estimate of drug-likeness (QED) is 0.400. The van der Waals surface area contributed by atoms with Gasteiger partial charge in [-0.25, -0.2) is 0 Å². The zero-order chi connectivity index (χ0) is 17.9. The minimum Gasteiger partial charge on any atom is -0.399 e. The third kappa shape index (κ3) is 2.56. The van der Waals surface area contributed by atoms with Gasteiger partial charge in [-0.3, -0.25) is 13.6 Å². The molecule has 1 aliphatic heterocycles. The van der Waals surface area contributed by atoms with Crippen molar-refractivity contribution in [2.75, 3.05) is 0 Å². The number of carbonyl (C=O) groups excluding carboxylic acids is 1. The van der Waals surface area contributed by atoms with Gasteiger partial charge in [-0.1, -0.05) is 0 Å². The van der Waals surface area contributed by atoms with Crippen molar-refractivity contribution in [3.05, 3.63) is 28.3 Å². The molecule has 0 spiro atoms. The zero-order valence-electron chi connectivity index (χ0n) is 14.1. The first-order valence-corrected chi connectivity index (χ1v) is 10.8. The van der Waals surface area contributed by atoms with Crippen LogP contribution in [-0.4, -0.2) is 33.1 Å². The summed E-state index contributed by atoms with van der Waals surface area (Å²) < 4.78 is 15.4. The van der Waals surface area contributed by atoms with E-state index in [9.17, 15) is 9.59 Å². The molecule has 3 rings (SSSR count). The summed E-state index contributed by atoms with van der Waals surface area (Å²) in [5.74, 6) is 0. The third-order valence-corrected chi connectivity index (χ3v) is 6.56. The number of carbonyl (C=O) groups is 1. The molecular weight excluding hydrogens is 442 g/mol. The Kier molecular flexibility index (Phi) is 4.43. The van der Waals surface area contributed by atoms with Crippen LogP contribution in [0.2, 0.25) is 0 Å². The molecule has 0 radical (unpaired) electrons. The Labute approximate surface area is 156 Å². The van der Waals surface area contributed by atoms with Crippen LogP contribution in [-0.2, 0) is 16.4 Å². The van der Waals surface area contributed by atoms with Gasteiger partial charge in [-0.15, -0.1) is 0 Å². The van der Waals surface area contributed by atoms with Gasteiger partial charge in [0.15, 0.2) is 6.29 Å². The average molecular weight is 460 g/mol. The lowest BCUT2D eigenvalue weighted by Crippen LogP contribution is -2.41. The summed E-state index contributed by atoms with van der Waals surface area (Å²) in [6, 6.07) is 1.72. The largest absolute Gasteiger partial charge is 0.497 e. The summed E-state index contributed by atoms with van der Waals surface area (Å²) >= 11 is 2.06. The van der Waals surface area contributed by atoms with E-state index in [1.165, 1.54) is 13.7 Å². The first kappa shape index (κ1) is 18.0. The molecule has 3 heterocycles. The molecule has 0 bridgehead atoms. The lowest BCUT2D eigenvalue weighted by molar-refractivity contribution is 0.00578. The highest BCUT2D eigenvalue weighted by atomic mass is 127. The van der Waals surface area contributed by atoms with Gasteiger partial charge < -0.3 is 13.9 Å². The summed E-state index contributed by atoms with van der Waals surface area (Å²) in [6.45, 7) is 7.92. The highest BCUT2D eigenvalue weighted by Crippen LogP contribution is 2.37. The first-order valence-electron chi connectivity index (χ1n) is 7.48. The van der Waals surface area contributed by atoms with E-state index in [4.69, 9.17) is 9.31 Å². The van der Waals surface area contributed by atoms with Crippen LogP contribution in [0.5, 0.6) is 0 Å². The molecule has 1 fully saturated rings. The summed E-state index contributed by atoms with van der Waals surface area (Å²) in [4.78, 5) is 24.0. The number of hydrogen-bond acceptors (Lipinski definition) is 5. The standard InChI is InChI=1S/C15H18BIN2O4S/c1-14(2)15(3,4)23-16(22-14)11-7-18(5)13(21)12-10(11)6-9(8-20)19(12)24-17/h6-8H,1-5H3. The highest BCUT2D eigenvalue weighted by molar-refractivity contribution is 14.2. The molecule has 0 N–H and O–H groups in total. The molecule has 24 heavy (non-hydrogen) atoms. The number of rotatable bonds is 3. The predicted octanol–water partition coefficient (Wildman–Crippen LogP) is 2.30. The van der Waals surface area contributed by atoms with Crippen molar-refractivity contribution >= 4 is 60.1 Å². The second kappa shape index (κ2) is 5.89. The number of aromatic nitrogens is 2. The van der Waals surface area contributed by atoms with Gasteiger partial charge in [0.1, 0.15) is 5.52 Å². The lowest BCUT2D eigenvalue weighted by Gasteiger charge is -2.32. The molecule has 6 nitrogen and oxygen atoms in total. The zero-order valence-corrected chi connectivity index (χ0v) is 17.1. The van der Waals surface area contributed by atoms with Crippen molar-refractivity contribution in [1.82, 2.24) is 8.54 Å². The molecule has 0 amide bonds. The highest BCUT2D eigenvalue weighted by Gasteiger charge is 2.52. The van der Waals surface area contributed by atoms with Crippen molar-refractivity contribution in [1.29, 1.82) is 0 Å². The van der Waals surface area contributed by atoms with Gasteiger partial charge in [0, 0.05) is 54.4 Å². The second-order valence-electron chi connectivity index (χ2n) is 6.90. The van der Waals surface area contributed by atoms with Gasteiger partial charge >= 0.3 is 7.12 Å². The average Bonchev–Trinajstić information content (AvgIpc) is 2.97. The molecule has 0 aromatic carbocycles. The molecule has 0 saturated carbocycles. The maximum absolute atomic E-state index is 12.6. The maximum Gasteiger partial charge on any atom is 0.497 e. The van der Waals surface area contributed by atoms with E-state index < -0.39 is 18.3 Å². The van der Waals surface area contributed by atoms with E-state index in [-0.39, 0.29) is 5.56 Å². The second-order valence-corrected chi connectivity index (χ2v) is 8.59. The van der Waals surface area contributed by atoms with E-state index in [2.05, 4.69) is 21.2 Å².